The Labute approximate surface area is 97.3 Å². The van der Waals surface area contributed by atoms with Crippen molar-refractivity contribution in [2.75, 3.05) is 7.05 Å². The zero-order valence-corrected chi connectivity index (χ0v) is 10.0. The van der Waals surface area contributed by atoms with Crippen LogP contribution in [0.15, 0.2) is 28.7 Å². The quantitative estimate of drug-likeness (QED) is 0.719. The molecule has 4 N–H and O–H groups in total. The Morgan fingerprint density at radius 1 is 1.60 bits per heavy atom. The molecule has 0 heterocycles. The highest BCUT2D eigenvalue weighted by Crippen LogP contribution is 2.18. The van der Waals surface area contributed by atoms with E-state index < -0.39 is 0 Å². The van der Waals surface area contributed by atoms with Gasteiger partial charge in [-0.1, -0.05) is 28.1 Å². The van der Waals surface area contributed by atoms with Gasteiger partial charge in [-0.25, -0.2) is 5.43 Å². The number of hydrazine groups is 1. The third kappa shape index (κ3) is 3.99. The molecule has 0 saturated carbocycles. The van der Waals surface area contributed by atoms with Crippen LogP contribution < -0.4 is 16.6 Å². The van der Waals surface area contributed by atoms with E-state index in [4.69, 9.17) is 5.73 Å². The monoisotopic (exact) mass is 271 g/mol. The fraction of sp³-hybridized carbons (Fsp3) is 0.300. The molecule has 1 rings (SSSR count). The highest BCUT2D eigenvalue weighted by Gasteiger charge is 2.10. The molecule has 0 fully saturated rings. The first-order chi connectivity index (χ1) is 7.13. The van der Waals surface area contributed by atoms with Crippen LogP contribution in [0.5, 0.6) is 0 Å². The highest BCUT2D eigenvalue weighted by atomic mass is 79.9. The molecule has 4 nitrogen and oxygen atoms in total. The predicted octanol–water partition coefficient (Wildman–Crippen LogP) is 1.09. The van der Waals surface area contributed by atoms with E-state index in [0.29, 0.717) is 0 Å². The van der Waals surface area contributed by atoms with Crippen molar-refractivity contribution in [1.29, 1.82) is 0 Å². The summed E-state index contributed by atoms with van der Waals surface area (Å²) in [5.41, 5.74) is 11.9. The smallest absolute Gasteiger partial charge is 0.235 e. The summed E-state index contributed by atoms with van der Waals surface area (Å²) in [5.74, 6) is -0.120. The molecular formula is C10H14BrN3O. The van der Waals surface area contributed by atoms with Crippen LogP contribution in [0.25, 0.3) is 0 Å². The Bertz CT molecular complexity index is 343. The van der Waals surface area contributed by atoms with E-state index in [1.165, 1.54) is 0 Å². The summed E-state index contributed by atoms with van der Waals surface area (Å²) in [6.45, 7) is 0. The fourth-order valence-electron chi connectivity index (χ4n) is 1.25. The summed E-state index contributed by atoms with van der Waals surface area (Å²) in [6, 6.07) is 7.36. The molecule has 15 heavy (non-hydrogen) atoms. The molecular weight excluding hydrogens is 258 g/mol. The first kappa shape index (κ1) is 12.2. The van der Waals surface area contributed by atoms with E-state index >= 15 is 0 Å². The molecule has 1 unspecified atom stereocenters. The Kier molecular flexibility index (Phi) is 4.74. The van der Waals surface area contributed by atoms with Crippen LogP contribution in [0.1, 0.15) is 18.0 Å². The molecule has 0 spiro atoms. The average molecular weight is 272 g/mol. The summed E-state index contributed by atoms with van der Waals surface area (Å²) in [7, 11) is 1.64. The molecule has 1 amide bonds. The van der Waals surface area contributed by atoms with Crippen molar-refractivity contribution >= 4 is 21.8 Å². The lowest BCUT2D eigenvalue weighted by Gasteiger charge is -2.11. The van der Waals surface area contributed by atoms with Gasteiger partial charge >= 0.3 is 0 Å². The van der Waals surface area contributed by atoms with Gasteiger partial charge in [0.05, 0.1) is 0 Å². The second kappa shape index (κ2) is 5.85. The lowest BCUT2D eigenvalue weighted by molar-refractivity contribution is -0.122. The van der Waals surface area contributed by atoms with Crippen molar-refractivity contribution < 1.29 is 4.79 Å². The van der Waals surface area contributed by atoms with Crippen LogP contribution in [-0.2, 0) is 4.79 Å². The molecule has 5 heteroatoms. The van der Waals surface area contributed by atoms with Gasteiger partial charge in [0.1, 0.15) is 0 Å². The molecule has 1 aromatic rings. The maximum Gasteiger partial charge on any atom is 0.235 e. The summed E-state index contributed by atoms with van der Waals surface area (Å²) in [4.78, 5) is 11.2. The lowest BCUT2D eigenvalue weighted by atomic mass is 10.0. The number of carbonyl (C=O) groups is 1. The Morgan fingerprint density at radius 2 is 2.33 bits per heavy atom. The highest BCUT2D eigenvalue weighted by molar-refractivity contribution is 9.10. The maximum absolute atomic E-state index is 11.2. The van der Waals surface area contributed by atoms with Crippen molar-refractivity contribution in [3.63, 3.8) is 0 Å². The van der Waals surface area contributed by atoms with Gasteiger partial charge in [0.15, 0.2) is 0 Å². The number of hydrogen-bond donors (Lipinski definition) is 3. The number of carbonyl (C=O) groups excluding carboxylic acids is 1. The van der Waals surface area contributed by atoms with Crippen molar-refractivity contribution in [1.82, 2.24) is 10.9 Å². The van der Waals surface area contributed by atoms with Gasteiger partial charge in [0.2, 0.25) is 5.91 Å². The Hall–Kier alpha value is -0.910. The van der Waals surface area contributed by atoms with Crippen LogP contribution in [0, 0.1) is 0 Å². The molecule has 0 saturated heterocycles. The van der Waals surface area contributed by atoms with Gasteiger partial charge in [0.25, 0.3) is 0 Å². The van der Waals surface area contributed by atoms with Crippen molar-refractivity contribution in [2.45, 2.75) is 12.5 Å². The first-order valence-corrected chi connectivity index (χ1v) is 5.39. The van der Waals surface area contributed by atoms with Crippen LogP contribution >= 0.6 is 15.9 Å². The summed E-state index contributed by atoms with van der Waals surface area (Å²) in [6.07, 6.45) is 0.261. The van der Waals surface area contributed by atoms with Crippen LogP contribution in [0.4, 0.5) is 0 Å². The molecule has 1 atom stereocenters. The largest absolute Gasteiger partial charge is 0.324 e. The van der Waals surface area contributed by atoms with Gasteiger partial charge in [-0.2, -0.15) is 0 Å². The third-order valence-electron chi connectivity index (χ3n) is 1.95. The van der Waals surface area contributed by atoms with Crippen molar-refractivity contribution in [3.8, 4) is 0 Å². The van der Waals surface area contributed by atoms with E-state index in [1.54, 1.807) is 7.05 Å². The molecule has 0 aliphatic heterocycles. The Morgan fingerprint density at radius 3 is 2.93 bits per heavy atom. The number of hydrogen-bond acceptors (Lipinski definition) is 3. The maximum atomic E-state index is 11.2. The van der Waals surface area contributed by atoms with Crippen LogP contribution in [-0.4, -0.2) is 13.0 Å². The lowest BCUT2D eigenvalue weighted by Crippen LogP contribution is -2.36. The number of rotatable bonds is 4. The van der Waals surface area contributed by atoms with Crippen LogP contribution in [0.2, 0.25) is 0 Å². The van der Waals surface area contributed by atoms with E-state index in [2.05, 4.69) is 26.8 Å². The van der Waals surface area contributed by atoms with E-state index in [0.717, 1.165) is 10.0 Å². The average Bonchev–Trinajstić information content (AvgIpc) is 2.18. The minimum absolute atomic E-state index is 0.120. The first-order valence-electron chi connectivity index (χ1n) is 4.60. The Balaban J connectivity index is 2.60. The molecule has 1 aromatic carbocycles. The number of nitrogens with one attached hydrogen (secondary N) is 2. The molecule has 0 radical (unpaired) electrons. The van der Waals surface area contributed by atoms with Crippen molar-refractivity contribution in [3.05, 3.63) is 34.3 Å². The molecule has 82 valence electrons. The normalized spacial score (nSPS) is 12.2. The third-order valence-corrected chi connectivity index (χ3v) is 2.44. The number of nitrogens with two attached hydrogens (primary N) is 1. The van der Waals surface area contributed by atoms with E-state index in [-0.39, 0.29) is 18.4 Å². The van der Waals surface area contributed by atoms with E-state index in [9.17, 15) is 4.79 Å². The zero-order chi connectivity index (χ0) is 11.3. The fourth-order valence-corrected chi connectivity index (χ4v) is 1.66. The van der Waals surface area contributed by atoms with Gasteiger partial charge in [-0.15, -0.1) is 0 Å². The topological polar surface area (TPSA) is 67.1 Å². The minimum atomic E-state index is -0.282. The van der Waals surface area contributed by atoms with Gasteiger partial charge in [-0.05, 0) is 17.7 Å². The second-order valence-corrected chi connectivity index (χ2v) is 4.08. The SMILES string of the molecule is CNNC(=O)CC(N)c1cccc(Br)c1. The second-order valence-electron chi connectivity index (χ2n) is 3.16. The molecule has 0 aliphatic carbocycles. The standard InChI is InChI=1S/C10H14BrN3O/c1-13-14-10(15)6-9(12)7-3-2-4-8(11)5-7/h2-5,9,13H,6,12H2,1H3,(H,14,15). The number of amides is 1. The molecule has 0 bridgehead atoms. The van der Waals surface area contributed by atoms with Gasteiger partial charge in [0, 0.05) is 24.0 Å². The number of benzene rings is 1. The minimum Gasteiger partial charge on any atom is -0.324 e. The van der Waals surface area contributed by atoms with Gasteiger partial charge < -0.3 is 5.73 Å². The van der Waals surface area contributed by atoms with Gasteiger partial charge in [-0.3, -0.25) is 10.2 Å². The predicted molar refractivity (Wildman–Crippen MR) is 62.9 cm³/mol. The zero-order valence-electron chi connectivity index (χ0n) is 8.46. The number of halogens is 1. The summed E-state index contributed by atoms with van der Waals surface area (Å²) >= 11 is 3.36. The molecule has 0 aromatic heterocycles. The van der Waals surface area contributed by atoms with Crippen LogP contribution in [0.3, 0.4) is 0 Å². The summed E-state index contributed by atoms with van der Waals surface area (Å²) < 4.78 is 0.962. The van der Waals surface area contributed by atoms with Crippen molar-refractivity contribution in [2.24, 2.45) is 5.73 Å². The molecule has 0 aliphatic rings. The van der Waals surface area contributed by atoms with E-state index in [1.807, 2.05) is 24.3 Å². The summed E-state index contributed by atoms with van der Waals surface area (Å²) in [5, 5.41) is 0.